The van der Waals surface area contributed by atoms with Gasteiger partial charge in [-0.05, 0) is 60.2 Å². The van der Waals surface area contributed by atoms with Gasteiger partial charge in [0, 0.05) is 24.6 Å². The zero-order valence-corrected chi connectivity index (χ0v) is 20.3. The zero-order valence-electron chi connectivity index (χ0n) is 20.3. The Hall–Kier alpha value is -3.87. The van der Waals surface area contributed by atoms with E-state index in [0.29, 0.717) is 48.6 Å². The lowest BCUT2D eigenvalue weighted by atomic mass is 9.87. The van der Waals surface area contributed by atoms with Crippen molar-refractivity contribution in [3.63, 3.8) is 0 Å². The molecule has 1 aliphatic rings. The normalized spacial score (nSPS) is 14.4. The topological polar surface area (TPSA) is 91.7 Å². The van der Waals surface area contributed by atoms with Crippen molar-refractivity contribution in [1.82, 2.24) is 4.90 Å². The largest absolute Gasteiger partial charge is 0.459 e. The molecule has 2 heterocycles. The first kappa shape index (κ1) is 24.3. The summed E-state index contributed by atoms with van der Waals surface area (Å²) < 4.78 is 5.19. The molecule has 0 radical (unpaired) electrons. The van der Waals surface area contributed by atoms with Crippen LogP contribution in [0, 0.1) is 5.92 Å². The number of benzene rings is 2. The highest BCUT2D eigenvalue weighted by Crippen LogP contribution is 2.26. The summed E-state index contributed by atoms with van der Waals surface area (Å²) in [7, 11) is 0. The van der Waals surface area contributed by atoms with Crippen LogP contribution in [0.4, 0.5) is 11.4 Å². The second-order valence-corrected chi connectivity index (χ2v) is 9.86. The minimum Gasteiger partial charge on any atom is -0.459 e. The monoisotopic (exact) mass is 473 g/mol. The number of rotatable bonds is 5. The molecule has 182 valence electrons. The van der Waals surface area contributed by atoms with Crippen molar-refractivity contribution < 1.29 is 18.8 Å². The van der Waals surface area contributed by atoms with E-state index in [1.54, 1.807) is 29.2 Å². The van der Waals surface area contributed by atoms with Gasteiger partial charge in [-0.1, -0.05) is 45.0 Å². The van der Waals surface area contributed by atoms with Crippen LogP contribution >= 0.6 is 0 Å². The van der Waals surface area contributed by atoms with E-state index in [-0.39, 0.29) is 29.1 Å². The Bertz CT molecular complexity index is 1190. The summed E-state index contributed by atoms with van der Waals surface area (Å²) in [6.45, 7) is 7.35. The third-order valence-electron chi connectivity index (χ3n) is 6.33. The Morgan fingerprint density at radius 1 is 0.857 bits per heavy atom. The van der Waals surface area contributed by atoms with Crippen molar-refractivity contribution in [1.29, 1.82) is 0 Å². The van der Waals surface area contributed by atoms with E-state index in [2.05, 4.69) is 31.4 Å². The summed E-state index contributed by atoms with van der Waals surface area (Å²) in [5, 5.41) is 5.88. The standard InChI is InChI=1S/C28H31N3O4/c1-28(2,3)21-12-10-19(11-13-21)25(32)29-22-7-4-5-8-23(22)30-26(33)20-14-16-31(17-15-20)27(34)24-9-6-18-35-24/h4-13,18,20H,14-17H2,1-3H3,(H,29,32)(H,30,33). The van der Waals surface area contributed by atoms with Crippen molar-refractivity contribution in [3.05, 3.63) is 83.8 Å². The van der Waals surface area contributed by atoms with Crippen LogP contribution in [-0.4, -0.2) is 35.7 Å². The number of amides is 3. The fourth-order valence-corrected chi connectivity index (χ4v) is 4.15. The highest BCUT2D eigenvalue weighted by Gasteiger charge is 2.29. The van der Waals surface area contributed by atoms with E-state index in [1.165, 1.54) is 6.26 Å². The summed E-state index contributed by atoms with van der Waals surface area (Å²) in [4.78, 5) is 40.0. The molecule has 3 amide bonds. The van der Waals surface area contributed by atoms with Crippen LogP contribution in [0.3, 0.4) is 0 Å². The first-order valence-corrected chi connectivity index (χ1v) is 11.9. The van der Waals surface area contributed by atoms with E-state index in [4.69, 9.17) is 4.42 Å². The van der Waals surface area contributed by atoms with Gasteiger partial charge in [0.15, 0.2) is 5.76 Å². The Morgan fingerprint density at radius 3 is 2.06 bits per heavy atom. The molecule has 7 heteroatoms. The number of likely N-dealkylation sites (tertiary alicyclic amines) is 1. The number of nitrogens with zero attached hydrogens (tertiary/aromatic N) is 1. The van der Waals surface area contributed by atoms with Gasteiger partial charge in [0.05, 0.1) is 17.6 Å². The van der Waals surface area contributed by atoms with Crippen LogP contribution < -0.4 is 10.6 Å². The van der Waals surface area contributed by atoms with Gasteiger partial charge in [-0.2, -0.15) is 0 Å². The first-order valence-electron chi connectivity index (χ1n) is 11.9. The second kappa shape index (κ2) is 10.2. The minimum atomic E-state index is -0.239. The Labute approximate surface area is 205 Å². The maximum atomic E-state index is 13.0. The third-order valence-corrected chi connectivity index (χ3v) is 6.33. The molecule has 1 aromatic heterocycles. The van der Waals surface area contributed by atoms with Crippen molar-refractivity contribution in [2.45, 2.75) is 39.0 Å². The van der Waals surface area contributed by atoms with E-state index in [1.807, 2.05) is 36.4 Å². The van der Waals surface area contributed by atoms with Crippen LogP contribution in [0.2, 0.25) is 0 Å². The van der Waals surface area contributed by atoms with Crippen molar-refractivity contribution in [2.75, 3.05) is 23.7 Å². The van der Waals surface area contributed by atoms with Gasteiger partial charge in [0.1, 0.15) is 0 Å². The molecule has 35 heavy (non-hydrogen) atoms. The number of piperidine rings is 1. The maximum Gasteiger partial charge on any atom is 0.289 e. The molecule has 0 aliphatic carbocycles. The van der Waals surface area contributed by atoms with Crippen molar-refractivity contribution >= 4 is 29.1 Å². The SMILES string of the molecule is CC(C)(C)c1ccc(C(=O)Nc2ccccc2NC(=O)C2CCN(C(=O)c3ccco3)CC2)cc1. The highest BCUT2D eigenvalue weighted by atomic mass is 16.3. The molecule has 0 saturated carbocycles. The number of carbonyl (C=O) groups is 3. The van der Waals surface area contributed by atoms with E-state index >= 15 is 0 Å². The number of carbonyl (C=O) groups excluding carboxylic acids is 3. The number of furan rings is 1. The molecular formula is C28H31N3O4. The van der Waals surface area contributed by atoms with Crippen molar-refractivity contribution in [2.24, 2.45) is 5.92 Å². The van der Waals surface area contributed by atoms with E-state index in [0.717, 1.165) is 5.56 Å². The number of anilines is 2. The van der Waals surface area contributed by atoms with Crippen LogP contribution in [0.15, 0.2) is 71.3 Å². The van der Waals surface area contributed by atoms with Gasteiger partial charge in [0.2, 0.25) is 5.91 Å². The molecule has 0 atom stereocenters. The fraction of sp³-hybridized carbons (Fsp3) is 0.321. The molecule has 2 aromatic carbocycles. The second-order valence-electron chi connectivity index (χ2n) is 9.86. The predicted octanol–water partition coefficient (Wildman–Crippen LogP) is 5.32. The molecule has 0 unspecified atom stereocenters. The Kier molecular flexibility index (Phi) is 7.05. The molecule has 1 fully saturated rings. The first-order chi connectivity index (χ1) is 16.7. The van der Waals surface area contributed by atoms with Gasteiger partial charge in [-0.15, -0.1) is 0 Å². The van der Waals surface area contributed by atoms with Crippen LogP contribution in [0.25, 0.3) is 0 Å². The maximum absolute atomic E-state index is 13.0. The summed E-state index contributed by atoms with van der Waals surface area (Å²) >= 11 is 0. The molecule has 1 aliphatic heterocycles. The smallest absolute Gasteiger partial charge is 0.289 e. The molecule has 4 rings (SSSR count). The molecule has 1 saturated heterocycles. The number of nitrogens with one attached hydrogen (secondary N) is 2. The average Bonchev–Trinajstić information content (AvgIpc) is 3.39. The summed E-state index contributed by atoms with van der Waals surface area (Å²) in [5.41, 5.74) is 2.79. The lowest BCUT2D eigenvalue weighted by Gasteiger charge is -2.30. The van der Waals surface area contributed by atoms with E-state index < -0.39 is 0 Å². The van der Waals surface area contributed by atoms with Gasteiger partial charge in [-0.25, -0.2) is 0 Å². The Balaban J connectivity index is 1.36. The number of para-hydroxylation sites is 2. The van der Waals surface area contributed by atoms with E-state index in [9.17, 15) is 14.4 Å². The van der Waals surface area contributed by atoms with Crippen LogP contribution in [0.5, 0.6) is 0 Å². The summed E-state index contributed by atoms with van der Waals surface area (Å²) in [5.74, 6) is -0.421. The van der Waals surface area contributed by atoms with Crippen LogP contribution in [-0.2, 0) is 10.2 Å². The van der Waals surface area contributed by atoms with Crippen molar-refractivity contribution in [3.8, 4) is 0 Å². The number of hydrogen-bond acceptors (Lipinski definition) is 4. The van der Waals surface area contributed by atoms with Gasteiger partial charge in [0.25, 0.3) is 11.8 Å². The predicted molar refractivity (Wildman–Crippen MR) is 136 cm³/mol. The molecule has 7 nitrogen and oxygen atoms in total. The molecular weight excluding hydrogens is 442 g/mol. The molecule has 0 bridgehead atoms. The average molecular weight is 474 g/mol. The van der Waals surface area contributed by atoms with Crippen LogP contribution in [0.1, 0.15) is 60.1 Å². The lowest BCUT2D eigenvalue weighted by Crippen LogP contribution is -2.41. The minimum absolute atomic E-state index is 0.00803. The highest BCUT2D eigenvalue weighted by molar-refractivity contribution is 6.07. The molecule has 2 N–H and O–H groups in total. The molecule has 3 aromatic rings. The summed E-state index contributed by atoms with van der Waals surface area (Å²) in [6, 6.07) is 18.0. The molecule has 0 spiro atoms. The number of hydrogen-bond donors (Lipinski definition) is 2. The fourth-order valence-electron chi connectivity index (χ4n) is 4.15. The zero-order chi connectivity index (χ0) is 25.0. The van der Waals surface area contributed by atoms with Gasteiger partial charge >= 0.3 is 0 Å². The third kappa shape index (κ3) is 5.80. The summed E-state index contributed by atoms with van der Waals surface area (Å²) in [6.07, 6.45) is 2.60. The quantitative estimate of drug-likeness (QED) is 0.525. The Morgan fingerprint density at radius 2 is 1.49 bits per heavy atom. The van der Waals surface area contributed by atoms with Gasteiger partial charge < -0.3 is 20.0 Å². The van der Waals surface area contributed by atoms with Gasteiger partial charge in [-0.3, -0.25) is 14.4 Å². The lowest BCUT2D eigenvalue weighted by molar-refractivity contribution is -0.121.